The molecule has 4 nitrogen and oxygen atoms in total. The highest BCUT2D eigenvalue weighted by Gasteiger charge is 2.13. The Kier molecular flexibility index (Phi) is 3.75. The fourth-order valence-electron chi connectivity index (χ4n) is 2.78. The molecule has 22 heavy (non-hydrogen) atoms. The van der Waals surface area contributed by atoms with E-state index in [1.807, 2.05) is 54.3 Å². The number of benzene rings is 1. The Balaban J connectivity index is 1.86. The summed E-state index contributed by atoms with van der Waals surface area (Å²) in [5.41, 5.74) is 2.91. The van der Waals surface area contributed by atoms with Crippen molar-refractivity contribution in [2.75, 3.05) is 0 Å². The third kappa shape index (κ3) is 2.52. The first-order chi connectivity index (χ1) is 10.6. The van der Waals surface area contributed by atoms with Gasteiger partial charge in [-0.1, -0.05) is 6.07 Å². The van der Waals surface area contributed by atoms with Gasteiger partial charge in [0.25, 0.3) is 5.91 Å². The molecule has 1 N–H and O–H groups in total. The maximum atomic E-state index is 12.5. The minimum atomic E-state index is -0.0340. The van der Waals surface area contributed by atoms with Crippen molar-refractivity contribution < 1.29 is 4.79 Å². The first kappa shape index (κ1) is 14.4. The molecule has 0 aliphatic heterocycles. The van der Waals surface area contributed by atoms with Crippen LogP contribution in [0.3, 0.4) is 0 Å². The molecule has 3 aromatic rings. The fraction of sp³-hybridized carbons (Fsp3) is 0.278. The molecule has 0 radical (unpaired) electrons. The molecule has 0 atom stereocenters. The van der Waals surface area contributed by atoms with E-state index in [-0.39, 0.29) is 5.91 Å². The van der Waals surface area contributed by atoms with Gasteiger partial charge in [-0.3, -0.25) is 4.79 Å². The van der Waals surface area contributed by atoms with Crippen molar-refractivity contribution in [1.29, 1.82) is 0 Å². The van der Waals surface area contributed by atoms with Crippen molar-refractivity contribution in [1.82, 2.24) is 14.5 Å². The normalized spacial score (nSPS) is 11.3. The molecule has 2 heterocycles. The Hall–Kier alpha value is -2.49. The second-order valence-corrected chi connectivity index (χ2v) is 5.85. The maximum absolute atomic E-state index is 12.5. The Morgan fingerprint density at radius 1 is 1.14 bits per heavy atom. The summed E-state index contributed by atoms with van der Waals surface area (Å²) >= 11 is 0. The lowest BCUT2D eigenvalue weighted by atomic mass is 10.1. The lowest BCUT2D eigenvalue weighted by Gasteiger charge is -2.11. The Morgan fingerprint density at radius 3 is 2.64 bits per heavy atom. The summed E-state index contributed by atoms with van der Waals surface area (Å²) in [5, 5.41) is 4.00. The summed E-state index contributed by atoms with van der Waals surface area (Å²) in [5.74, 6) is -0.0340. The van der Waals surface area contributed by atoms with Crippen LogP contribution in [0.5, 0.6) is 0 Å². The van der Waals surface area contributed by atoms with E-state index in [0.717, 1.165) is 22.2 Å². The summed E-state index contributed by atoms with van der Waals surface area (Å²) in [6.07, 6.45) is 4.02. The monoisotopic (exact) mass is 295 g/mol. The minimum absolute atomic E-state index is 0.0340. The van der Waals surface area contributed by atoms with E-state index in [4.69, 9.17) is 0 Å². The van der Waals surface area contributed by atoms with E-state index < -0.39 is 0 Å². The third-order valence-electron chi connectivity index (χ3n) is 4.05. The van der Waals surface area contributed by atoms with Crippen LogP contribution >= 0.6 is 0 Å². The zero-order valence-electron chi connectivity index (χ0n) is 13.2. The quantitative estimate of drug-likeness (QED) is 0.786. The largest absolute Gasteiger partial charge is 0.353 e. The van der Waals surface area contributed by atoms with Gasteiger partial charge in [-0.25, -0.2) is 0 Å². The molecule has 2 aromatic heterocycles. The fourth-order valence-corrected chi connectivity index (χ4v) is 2.78. The van der Waals surface area contributed by atoms with E-state index in [1.165, 1.54) is 0 Å². The van der Waals surface area contributed by atoms with Crippen LogP contribution in [0.15, 0.2) is 48.8 Å². The number of nitrogens with one attached hydrogen (secondary N) is 1. The van der Waals surface area contributed by atoms with Gasteiger partial charge in [0.1, 0.15) is 0 Å². The molecule has 0 saturated carbocycles. The van der Waals surface area contributed by atoms with Crippen LogP contribution in [0.2, 0.25) is 0 Å². The van der Waals surface area contributed by atoms with Crippen molar-refractivity contribution in [3.8, 4) is 0 Å². The summed E-state index contributed by atoms with van der Waals surface area (Å²) < 4.78 is 4.19. The first-order valence-corrected chi connectivity index (χ1v) is 7.56. The van der Waals surface area contributed by atoms with Crippen molar-refractivity contribution in [2.24, 2.45) is 7.05 Å². The predicted molar refractivity (Wildman–Crippen MR) is 88.9 cm³/mol. The van der Waals surface area contributed by atoms with E-state index in [2.05, 4.69) is 29.8 Å². The number of hydrogen-bond donors (Lipinski definition) is 1. The zero-order chi connectivity index (χ0) is 15.7. The number of nitrogens with zero attached hydrogens (tertiary/aromatic N) is 2. The van der Waals surface area contributed by atoms with Crippen molar-refractivity contribution in [3.63, 3.8) is 0 Å². The summed E-state index contributed by atoms with van der Waals surface area (Å²) in [6.45, 7) is 4.81. The average Bonchev–Trinajstić information content (AvgIpc) is 3.10. The Morgan fingerprint density at radius 2 is 1.95 bits per heavy atom. The van der Waals surface area contributed by atoms with E-state index in [1.54, 1.807) is 0 Å². The van der Waals surface area contributed by atoms with Crippen LogP contribution < -0.4 is 5.32 Å². The Labute approximate surface area is 130 Å². The summed E-state index contributed by atoms with van der Waals surface area (Å²) in [7, 11) is 1.98. The number of amides is 1. The van der Waals surface area contributed by atoms with Gasteiger partial charge in [0, 0.05) is 47.6 Å². The highest BCUT2D eigenvalue weighted by atomic mass is 16.1. The highest BCUT2D eigenvalue weighted by molar-refractivity contribution is 6.06. The molecule has 1 amide bonds. The van der Waals surface area contributed by atoms with E-state index in [0.29, 0.717) is 12.6 Å². The van der Waals surface area contributed by atoms with Gasteiger partial charge in [-0.05, 0) is 44.2 Å². The molecule has 114 valence electrons. The number of hydrogen-bond acceptors (Lipinski definition) is 1. The SMILES string of the molecule is CC(C)n1ccc2c(C(=O)NCc3cccn3C)cccc21. The molecule has 0 unspecified atom stereocenters. The van der Waals surface area contributed by atoms with Crippen LogP contribution in [0.1, 0.15) is 35.9 Å². The molecular weight excluding hydrogens is 274 g/mol. The second-order valence-electron chi connectivity index (χ2n) is 5.85. The van der Waals surface area contributed by atoms with Crippen molar-refractivity contribution in [3.05, 3.63) is 60.0 Å². The molecule has 0 saturated heterocycles. The Bertz CT molecular complexity index is 811. The van der Waals surface area contributed by atoms with Gasteiger partial charge in [-0.15, -0.1) is 0 Å². The molecule has 0 spiro atoms. The van der Waals surface area contributed by atoms with Crippen molar-refractivity contribution in [2.45, 2.75) is 26.4 Å². The zero-order valence-corrected chi connectivity index (χ0v) is 13.2. The van der Waals surface area contributed by atoms with Gasteiger partial charge in [0.2, 0.25) is 0 Å². The van der Waals surface area contributed by atoms with E-state index >= 15 is 0 Å². The molecule has 0 aliphatic rings. The van der Waals surface area contributed by atoms with Crippen LogP contribution in [0, 0.1) is 0 Å². The smallest absolute Gasteiger partial charge is 0.252 e. The van der Waals surface area contributed by atoms with Crippen LogP contribution in [-0.4, -0.2) is 15.0 Å². The predicted octanol–water partition coefficient (Wildman–Crippen LogP) is 3.49. The van der Waals surface area contributed by atoms with Gasteiger partial charge in [-0.2, -0.15) is 0 Å². The van der Waals surface area contributed by atoms with Crippen LogP contribution in [0.25, 0.3) is 10.9 Å². The number of aryl methyl sites for hydroxylation is 1. The number of carbonyl (C=O) groups excluding carboxylic acids is 1. The molecule has 0 aliphatic carbocycles. The topological polar surface area (TPSA) is 39.0 Å². The number of aromatic nitrogens is 2. The number of carbonyl (C=O) groups is 1. The minimum Gasteiger partial charge on any atom is -0.353 e. The highest BCUT2D eigenvalue weighted by Crippen LogP contribution is 2.23. The molecular formula is C18H21N3O. The van der Waals surface area contributed by atoms with Crippen LogP contribution in [-0.2, 0) is 13.6 Å². The molecule has 1 aromatic carbocycles. The number of rotatable bonds is 4. The lowest BCUT2D eigenvalue weighted by Crippen LogP contribution is -2.24. The standard InChI is InChI=1S/C18H21N3O/c1-13(2)21-11-9-15-16(7-4-8-17(15)21)18(22)19-12-14-6-5-10-20(14)3/h4-11,13H,12H2,1-3H3,(H,19,22). The molecule has 0 fully saturated rings. The molecule has 0 bridgehead atoms. The van der Waals surface area contributed by atoms with Gasteiger partial charge in [0.05, 0.1) is 6.54 Å². The van der Waals surface area contributed by atoms with Gasteiger partial charge in [0.15, 0.2) is 0 Å². The summed E-state index contributed by atoms with van der Waals surface area (Å²) in [4.78, 5) is 12.5. The molecule has 4 heteroatoms. The first-order valence-electron chi connectivity index (χ1n) is 7.56. The summed E-state index contributed by atoms with van der Waals surface area (Å²) in [6, 6.07) is 12.3. The average molecular weight is 295 g/mol. The molecule has 3 rings (SSSR count). The maximum Gasteiger partial charge on any atom is 0.252 e. The van der Waals surface area contributed by atoms with Crippen LogP contribution in [0.4, 0.5) is 0 Å². The third-order valence-corrected chi connectivity index (χ3v) is 4.05. The lowest BCUT2D eigenvalue weighted by molar-refractivity contribution is 0.0952. The van der Waals surface area contributed by atoms with Gasteiger partial charge < -0.3 is 14.5 Å². The number of fused-ring (bicyclic) bond motifs is 1. The second kappa shape index (κ2) is 5.72. The van der Waals surface area contributed by atoms with Crippen molar-refractivity contribution >= 4 is 16.8 Å². The van der Waals surface area contributed by atoms with E-state index in [9.17, 15) is 4.79 Å². The van der Waals surface area contributed by atoms with Gasteiger partial charge >= 0.3 is 0 Å².